The van der Waals surface area contributed by atoms with Gasteiger partial charge in [0.05, 0.1) is 0 Å². The minimum Gasteiger partial charge on any atom is -0.455 e. The number of hydrogen-bond acceptors (Lipinski definition) is 2. The zero-order chi connectivity index (χ0) is 30.1. The molecule has 0 saturated carbocycles. The molecule has 0 fully saturated rings. The summed E-state index contributed by atoms with van der Waals surface area (Å²) in [5.41, 5.74) is 12.9. The van der Waals surface area contributed by atoms with Gasteiger partial charge < -0.3 is 9.32 Å². The van der Waals surface area contributed by atoms with Crippen LogP contribution in [0.5, 0.6) is 0 Å². The molecule has 0 N–H and O–H groups in total. The van der Waals surface area contributed by atoms with Gasteiger partial charge in [0, 0.05) is 38.6 Å². The number of fused-ring (bicyclic) bond motifs is 8. The molecule has 0 radical (unpaired) electrons. The lowest BCUT2D eigenvalue weighted by molar-refractivity contribution is 0.660. The third-order valence-electron chi connectivity index (χ3n) is 9.64. The Hall–Kier alpha value is -5.60. The highest BCUT2D eigenvalue weighted by Crippen LogP contribution is 2.51. The molecule has 0 bridgehead atoms. The van der Waals surface area contributed by atoms with E-state index in [0.717, 1.165) is 50.0 Å². The van der Waals surface area contributed by atoms with E-state index in [9.17, 15) is 0 Å². The summed E-state index contributed by atoms with van der Waals surface area (Å²) in [6.45, 7) is 4.68. The monoisotopic (exact) mass is 577 g/mol. The van der Waals surface area contributed by atoms with Crippen molar-refractivity contribution in [1.82, 2.24) is 0 Å². The molecular formula is C43H31NO. The van der Waals surface area contributed by atoms with Crippen molar-refractivity contribution in [1.29, 1.82) is 0 Å². The Morgan fingerprint density at radius 1 is 0.489 bits per heavy atom. The molecule has 8 aromatic rings. The van der Waals surface area contributed by atoms with Crippen LogP contribution in [-0.2, 0) is 5.41 Å². The van der Waals surface area contributed by atoms with Gasteiger partial charge in [0.2, 0.25) is 0 Å². The molecule has 0 spiro atoms. The number of anilines is 3. The fraction of sp³-hybridized carbons (Fsp3) is 0.0698. The van der Waals surface area contributed by atoms with Gasteiger partial charge in [0.15, 0.2) is 0 Å². The van der Waals surface area contributed by atoms with E-state index in [2.05, 4.69) is 170 Å². The van der Waals surface area contributed by atoms with Crippen molar-refractivity contribution in [3.63, 3.8) is 0 Å². The molecule has 2 nitrogen and oxygen atoms in total. The molecule has 1 heterocycles. The van der Waals surface area contributed by atoms with Crippen molar-refractivity contribution in [2.45, 2.75) is 19.3 Å². The fourth-order valence-electron chi connectivity index (χ4n) is 7.46. The van der Waals surface area contributed by atoms with Crippen LogP contribution in [0.4, 0.5) is 17.1 Å². The largest absolute Gasteiger partial charge is 0.455 e. The Morgan fingerprint density at radius 2 is 1.20 bits per heavy atom. The molecule has 0 aliphatic heterocycles. The maximum absolute atomic E-state index is 6.52. The first kappa shape index (κ1) is 25.9. The Balaban J connectivity index is 1.22. The van der Waals surface area contributed by atoms with Crippen LogP contribution in [0.1, 0.15) is 25.0 Å². The number of rotatable bonds is 4. The number of benzene rings is 7. The van der Waals surface area contributed by atoms with E-state index in [0.29, 0.717) is 0 Å². The van der Waals surface area contributed by atoms with E-state index in [1.807, 2.05) is 0 Å². The molecule has 45 heavy (non-hydrogen) atoms. The molecule has 0 saturated heterocycles. The van der Waals surface area contributed by atoms with Crippen molar-refractivity contribution < 1.29 is 4.42 Å². The molecule has 7 aromatic carbocycles. The average molecular weight is 578 g/mol. The maximum atomic E-state index is 6.52. The Morgan fingerprint density at radius 3 is 2.11 bits per heavy atom. The van der Waals surface area contributed by atoms with E-state index < -0.39 is 0 Å². The third kappa shape index (κ3) is 3.89. The summed E-state index contributed by atoms with van der Waals surface area (Å²) in [5.74, 6) is 0. The van der Waals surface area contributed by atoms with Crippen LogP contribution in [0.25, 0.3) is 55.0 Å². The molecule has 1 aliphatic carbocycles. The third-order valence-corrected chi connectivity index (χ3v) is 9.64. The summed E-state index contributed by atoms with van der Waals surface area (Å²) in [4.78, 5) is 2.38. The van der Waals surface area contributed by atoms with Crippen LogP contribution in [0.15, 0.2) is 156 Å². The first-order chi connectivity index (χ1) is 22.1. The van der Waals surface area contributed by atoms with Gasteiger partial charge in [-0.1, -0.05) is 117 Å². The second-order valence-corrected chi connectivity index (χ2v) is 12.6. The number of para-hydroxylation sites is 1. The quantitative estimate of drug-likeness (QED) is 0.207. The normalized spacial score (nSPS) is 13.3. The highest BCUT2D eigenvalue weighted by atomic mass is 16.3. The zero-order valence-electron chi connectivity index (χ0n) is 25.3. The lowest BCUT2D eigenvalue weighted by Gasteiger charge is -2.28. The van der Waals surface area contributed by atoms with Gasteiger partial charge in [-0.05, 0) is 87.3 Å². The zero-order valence-corrected chi connectivity index (χ0v) is 25.3. The first-order valence-electron chi connectivity index (χ1n) is 15.6. The molecule has 0 unspecified atom stereocenters. The van der Waals surface area contributed by atoms with E-state index in [4.69, 9.17) is 4.42 Å². The highest BCUT2D eigenvalue weighted by Gasteiger charge is 2.35. The van der Waals surface area contributed by atoms with Crippen molar-refractivity contribution in [2.75, 3.05) is 4.90 Å². The van der Waals surface area contributed by atoms with Gasteiger partial charge in [-0.2, -0.15) is 0 Å². The maximum Gasteiger partial charge on any atom is 0.143 e. The van der Waals surface area contributed by atoms with Crippen molar-refractivity contribution in [3.8, 4) is 22.3 Å². The lowest BCUT2D eigenvalue weighted by Crippen LogP contribution is -2.16. The minimum atomic E-state index is -0.0751. The highest BCUT2D eigenvalue weighted by molar-refractivity contribution is 6.19. The van der Waals surface area contributed by atoms with Crippen LogP contribution in [-0.4, -0.2) is 0 Å². The summed E-state index contributed by atoms with van der Waals surface area (Å²) in [6.07, 6.45) is 0. The molecule has 1 aromatic heterocycles. The predicted molar refractivity (Wildman–Crippen MR) is 189 cm³/mol. The summed E-state index contributed by atoms with van der Waals surface area (Å²) in [7, 11) is 0. The van der Waals surface area contributed by atoms with Gasteiger partial charge in [0.1, 0.15) is 11.2 Å². The van der Waals surface area contributed by atoms with Gasteiger partial charge in [0.25, 0.3) is 0 Å². The van der Waals surface area contributed by atoms with Crippen LogP contribution in [0, 0.1) is 0 Å². The molecule has 0 amide bonds. The molecular weight excluding hydrogens is 546 g/mol. The number of hydrogen-bond donors (Lipinski definition) is 0. The van der Waals surface area contributed by atoms with E-state index in [-0.39, 0.29) is 5.41 Å². The van der Waals surface area contributed by atoms with Crippen LogP contribution in [0.3, 0.4) is 0 Å². The predicted octanol–water partition coefficient (Wildman–Crippen LogP) is 12.2. The molecule has 214 valence electrons. The van der Waals surface area contributed by atoms with Crippen molar-refractivity contribution >= 4 is 49.8 Å². The minimum absolute atomic E-state index is 0.0751. The molecule has 0 atom stereocenters. The van der Waals surface area contributed by atoms with Gasteiger partial charge in [-0.25, -0.2) is 0 Å². The SMILES string of the molecule is CC1(C)c2ccccc2-c2ccc(N(c3ccccc3)c3cccc(-c4cccc5oc6c7ccccc7ccc6c45)c3)cc21. The van der Waals surface area contributed by atoms with Crippen LogP contribution < -0.4 is 4.90 Å². The van der Waals surface area contributed by atoms with E-state index >= 15 is 0 Å². The Bertz CT molecular complexity index is 2410. The molecule has 9 rings (SSSR count). The first-order valence-corrected chi connectivity index (χ1v) is 15.6. The van der Waals surface area contributed by atoms with Gasteiger partial charge in [-0.15, -0.1) is 0 Å². The molecule has 1 aliphatic rings. The van der Waals surface area contributed by atoms with Crippen molar-refractivity contribution in [3.05, 3.63) is 163 Å². The fourth-order valence-corrected chi connectivity index (χ4v) is 7.46. The second kappa shape index (κ2) is 9.70. The topological polar surface area (TPSA) is 16.4 Å². The van der Waals surface area contributed by atoms with Crippen LogP contribution in [0.2, 0.25) is 0 Å². The smallest absolute Gasteiger partial charge is 0.143 e. The van der Waals surface area contributed by atoms with E-state index in [1.54, 1.807) is 0 Å². The Kier molecular flexibility index (Phi) is 5.58. The van der Waals surface area contributed by atoms with Crippen LogP contribution >= 0.6 is 0 Å². The molecule has 2 heteroatoms. The second-order valence-electron chi connectivity index (χ2n) is 12.6. The summed E-state index contributed by atoms with van der Waals surface area (Å²) < 4.78 is 6.52. The number of furan rings is 1. The van der Waals surface area contributed by atoms with Crippen molar-refractivity contribution in [2.24, 2.45) is 0 Å². The number of nitrogens with zero attached hydrogens (tertiary/aromatic N) is 1. The summed E-state index contributed by atoms with van der Waals surface area (Å²) >= 11 is 0. The van der Waals surface area contributed by atoms with Gasteiger partial charge >= 0.3 is 0 Å². The average Bonchev–Trinajstić information content (AvgIpc) is 3.58. The Labute approximate surface area is 262 Å². The van der Waals surface area contributed by atoms with Gasteiger partial charge in [-0.3, -0.25) is 0 Å². The standard InChI is InChI=1S/C43H31NO/c1-43(2)38-20-9-8-18-35(38)36-25-23-32(27-39(36)43)44(30-14-4-3-5-15-30)31-16-10-13-29(26-31)33-19-11-21-40-41(33)37-24-22-28-12-6-7-17-34(28)42(37)45-40/h3-27H,1-2H3. The van der Waals surface area contributed by atoms with E-state index in [1.165, 1.54) is 33.2 Å². The summed E-state index contributed by atoms with van der Waals surface area (Å²) in [6, 6.07) is 54.6. The summed E-state index contributed by atoms with van der Waals surface area (Å²) in [5, 5.41) is 4.62. The lowest BCUT2D eigenvalue weighted by atomic mass is 9.82.